The highest BCUT2D eigenvalue weighted by Gasteiger charge is 2.08. The van der Waals surface area contributed by atoms with Gasteiger partial charge in [-0.1, -0.05) is 0 Å². The van der Waals surface area contributed by atoms with Crippen LogP contribution in [0.25, 0.3) is 11.0 Å². The van der Waals surface area contributed by atoms with E-state index in [0.29, 0.717) is 9.24 Å². The number of likely N-dealkylation sites (N-methyl/N-ethyl adjacent to an activating group) is 1. The number of H-pyrrole nitrogens is 1. The predicted octanol–water partition coefficient (Wildman–Crippen LogP) is 3.16. The Hall–Kier alpha value is -0.720. The van der Waals surface area contributed by atoms with E-state index in [4.69, 9.17) is 12.2 Å². The SMILES string of the molecule is CN(C)CCn1c(=S)[nH]c2cc(Br)c(F)cc21. The molecule has 0 unspecified atom stereocenters. The molecule has 0 aliphatic carbocycles. The van der Waals surface area contributed by atoms with Crippen molar-refractivity contribution in [3.8, 4) is 0 Å². The number of benzene rings is 1. The van der Waals surface area contributed by atoms with Crippen molar-refractivity contribution in [1.29, 1.82) is 0 Å². The van der Waals surface area contributed by atoms with Crippen LogP contribution in [0.3, 0.4) is 0 Å². The standard InChI is InChI=1S/C11H13BrFN3S/c1-15(2)3-4-16-10-6-8(13)7(12)5-9(10)14-11(16)17/h5-6H,3-4H2,1-2H3,(H,14,17). The minimum absolute atomic E-state index is 0.273. The minimum Gasteiger partial charge on any atom is -0.331 e. The van der Waals surface area contributed by atoms with Gasteiger partial charge in [0.05, 0.1) is 15.5 Å². The molecule has 1 aromatic heterocycles. The van der Waals surface area contributed by atoms with Gasteiger partial charge in [0, 0.05) is 19.2 Å². The molecule has 0 amide bonds. The first-order valence-corrected chi connectivity index (χ1v) is 6.41. The molecule has 6 heteroatoms. The highest BCUT2D eigenvalue weighted by Crippen LogP contribution is 2.23. The van der Waals surface area contributed by atoms with Crippen LogP contribution in [0.5, 0.6) is 0 Å². The van der Waals surface area contributed by atoms with Crippen molar-refractivity contribution in [3.05, 3.63) is 27.2 Å². The van der Waals surface area contributed by atoms with Gasteiger partial charge in [0.1, 0.15) is 5.82 Å². The highest BCUT2D eigenvalue weighted by molar-refractivity contribution is 9.10. The molecule has 3 nitrogen and oxygen atoms in total. The van der Waals surface area contributed by atoms with E-state index >= 15 is 0 Å². The topological polar surface area (TPSA) is 24.0 Å². The molecule has 17 heavy (non-hydrogen) atoms. The minimum atomic E-state index is -0.273. The van der Waals surface area contributed by atoms with E-state index < -0.39 is 0 Å². The number of imidazole rings is 1. The zero-order valence-corrected chi connectivity index (χ0v) is 12.0. The van der Waals surface area contributed by atoms with Crippen molar-refractivity contribution >= 4 is 39.2 Å². The molecule has 2 aromatic rings. The lowest BCUT2D eigenvalue weighted by Gasteiger charge is -2.10. The normalized spacial score (nSPS) is 11.6. The molecule has 0 atom stereocenters. The number of fused-ring (bicyclic) bond motifs is 1. The summed E-state index contributed by atoms with van der Waals surface area (Å²) in [6.45, 7) is 1.60. The summed E-state index contributed by atoms with van der Waals surface area (Å²) in [5.41, 5.74) is 1.65. The molecule has 2 rings (SSSR count). The Balaban J connectivity index is 2.51. The van der Waals surface area contributed by atoms with Gasteiger partial charge >= 0.3 is 0 Å². The Bertz CT molecular complexity index is 603. The Morgan fingerprint density at radius 2 is 2.18 bits per heavy atom. The Morgan fingerprint density at radius 3 is 2.82 bits per heavy atom. The molecule has 0 saturated heterocycles. The summed E-state index contributed by atoms with van der Waals surface area (Å²) in [6.07, 6.45) is 0. The number of halogens is 2. The summed E-state index contributed by atoms with van der Waals surface area (Å²) in [4.78, 5) is 5.15. The molecule has 0 radical (unpaired) electrons. The van der Waals surface area contributed by atoms with Crippen LogP contribution in [0.15, 0.2) is 16.6 Å². The number of aromatic amines is 1. The van der Waals surface area contributed by atoms with Crippen molar-refractivity contribution in [2.24, 2.45) is 0 Å². The molecule has 1 aromatic carbocycles. The number of nitrogens with one attached hydrogen (secondary N) is 1. The van der Waals surface area contributed by atoms with Crippen LogP contribution in [0.4, 0.5) is 4.39 Å². The number of rotatable bonds is 3. The first-order chi connectivity index (χ1) is 7.99. The van der Waals surface area contributed by atoms with Crippen molar-refractivity contribution in [3.63, 3.8) is 0 Å². The van der Waals surface area contributed by atoms with Gasteiger partial charge < -0.3 is 14.5 Å². The monoisotopic (exact) mass is 317 g/mol. The quantitative estimate of drug-likeness (QED) is 0.879. The van der Waals surface area contributed by atoms with Gasteiger partial charge in [0.15, 0.2) is 4.77 Å². The van der Waals surface area contributed by atoms with E-state index in [-0.39, 0.29) is 5.82 Å². The first kappa shape index (κ1) is 12.7. The summed E-state index contributed by atoms with van der Waals surface area (Å²) >= 11 is 8.41. The molecule has 0 spiro atoms. The maximum Gasteiger partial charge on any atom is 0.178 e. The third-order valence-corrected chi connectivity index (χ3v) is 3.52. The average Bonchev–Trinajstić information content (AvgIpc) is 2.52. The zero-order chi connectivity index (χ0) is 12.6. The van der Waals surface area contributed by atoms with Gasteiger partial charge in [-0.2, -0.15) is 0 Å². The van der Waals surface area contributed by atoms with Crippen LogP contribution >= 0.6 is 28.1 Å². The van der Waals surface area contributed by atoms with Gasteiger partial charge in [0.2, 0.25) is 0 Å². The largest absolute Gasteiger partial charge is 0.331 e. The average molecular weight is 318 g/mol. The summed E-state index contributed by atoms with van der Waals surface area (Å²) < 4.78 is 16.5. The summed E-state index contributed by atoms with van der Waals surface area (Å²) in [5.74, 6) is -0.273. The van der Waals surface area contributed by atoms with Gasteiger partial charge in [-0.05, 0) is 48.3 Å². The lowest BCUT2D eigenvalue weighted by atomic mass is 10.3. The summed E-state index contributed by atoms with van der Waals surface area (Å²) in [6, 6.07) is 3.22. The van der Waals surface area contributed by atoms with Gasteiger partial charge in [0.25, 0.3) is 0 Å². The first-order valence-electron chi connectivity index (χ1n) is 5.21. The Morgan fingerprint density at radius 1 is 1.47 bits per heavy atom. The number of aromatic nitrogens is 2. The molecule has 0 fully saturated rings. The molecule has 0 bridgehead atoms. The second-order valence-corrected chi connectivity index (χ2v) is 5.41. The number of hydrogen-bond donors (Lipinski definition) is 1. The fraction of sp³-hybridized carbons (Fsp3) is 0.364. The van der Waals surface area contributed by atoms with Crippen LogP contribution in [-0.4, -0.2) is 35.1 Å². The van der Waals surface area contributed by atoms with Crippen LogP contribution in [-0.2, 0) is 6.54 Å². The predicted molar refractivity (Wildman–Crippen MR) is 73.3 cm³/mol. The van der Waals surface area contributed by atoms with E-state index in [1.54, 1.807) is 6.07 Å². The van der Waals surface area contributed by atoms with Crippen molar-refractivity contribution in [2.75, 3.05) is 20.6 Å². The van der Waals surface area contributed by atoms with Gasteiger partial charge in [-0.25, -0.2) is 4.39 Å². The van der Waals surface area contributed by atoms with Crippen LogP contribution < -0.4 is 0 Å². The molecular weight excluding hydrogens is 305 g/mol. The summed E-state index contributed by atoms with van der Waals surface area (Å²) in [5, 5.41) is 0. The zero-order valence-electron chi connectivity index (χ0n) is 9.63. The third-order valence-electron chi connectivity index (χ3n) is 2.59. The van der Waals surface area contributed by atoms with Gasteiger partial charge in [-0.15, -0.1) is 0 Å². The maximum atomic E-state index is 13.5. The van der Waals surface area contributed by atoms with Crippen LogP contribution in [0.1, 0.15) is 0 Å². The van der Waals surface area contributed by atoms with E-state index in [9.17, 15) is 4.39 Å². The van der Waals surface area contributed by atoms with E-state index in [2.05, 4.69) is 25.8 Å². The Kier molecular flexibility index (Phi) is 3.65. The summed E-state index contributed by atoms with van der Waals surface area (Å²) in [7, 11) is 3.99. The fourth-order valence-corrected chi connectivity index (χ4v) is 2.32. The van der Waals surface area contributed by atoms with Crippen LogP contribution in [0, 0.1) is 10.6 Å². The molecule has 0 saturated carbocycles. The fourth-order valence-electron chi connectivity index (χ4n) is 1.67. The molecule has 1 heterocycles. The highest BCUT2D eigenvalue weighted by atomic mass is 79.9. The molecule has 92 valence electrons. The third kappa shape index (κ3) is 2.59. The second-order valence-electron chi connectivity index (χ2n) is 4.17. The maximum absolute atomic E-state index is 13.5. The Labute approximate surface area is 112 Å². The molecule has 0 aliphatic rings. The van der Waals surface area contributed by atoms with Crippen molar-refractivity contribution in [1.82, 2.24) is 14.5 Å². The van der Waals surface area contributed by atoms with Crippen LogP contribution in [0.2, 0.25) is 0 Å². The van der Waals surface area contributed by atoms with Crippen molar-refractivity contribution < 1.29 is 4.39 Å². The van der Waals surface area contributed by atoms with E-state index in [0.717, 1.165) is 24.1 Å². The van der Waals surface area contributed by atoms with Gasteiger partial charge in [-0.3, -0.25) is 0 Å². The molecular formula is C11H13BrFN3S. The van der Waals surface area contributed by atoms with Crippen molar-refractivity contribution in [2.45, 2.75) is 6.54 Å². The molecule has 0 aliphatic heterocycles. The van der Waals surface area contributed by atoms with E-state index in [1.165, 1.54) is 6.07 Å². The number of hydrogen-bond acceptors (Lipinski definition) is 2. The second kappa shape index (κ2) is 4.88. The lowest BCUT2D eigenvalue weighted by molar-refractivity contribution is 0.385. The number of nitrogens with zero attached hydrogens (tertiary/aromatic N) is 2. The molecule has 1 N–H and O–H groups in total. The van der Waals surface area contributed by atoms with E-state index in [1.807, 2.05) is 18.7 Å². The lowest BCUT2D eigenvalue weighted by Crippen LogP contribution is -2.18. The smallest absolute Gasteiger partial charge is 0.178 e.